The van der Waals surface area contributed by atoms with E-state index in [1.54, 1.807) is 13.8 Å². The van der Waals surface area contributed by atoms with Crippen LogP contribution in [0.1, 0.15) is 92.4 Å². The van der Waals surface area contributed by atoms with Gasteiger partial charge in [-0.25, -0.2) is 8.42 Å². The zero-order valence-corrected chi connectivity index (χ0v) is 16.2. The molecule has 0 heterocycles. The van der Waals surface area contributed by atoms with E-state index in [-0.39, 0.29) is 11.6 Å². The maximum absolute atomic E-state index is 10.8. The first-order valence-electron chi connectivity index (χ1n) is 8.18. The van der Waals surface area contributed by atoms with Crippen LogP contribution < -0.4 is 6.15 Å². The molecule has 5 nitrogen and oxygen atoms in total. The van der Waals surface area contributed by atoms with Crippen LogP contribution in [0.5, 0.6) is 0 Å². The van der Waals surface area contributed by atoms with E-state index in [2.05, 4.69) is 6.92 Å². The molecule has 0 atom stereocenters. The lowest BCUT2D eigenvalue weighted by molar-refractivity contribution is -0.0208. The van der Waals surface area contributed by atoms with Gasteiger partial charge in [-0.15, -0.1) is 0 Å². The minimum atomic E-state index is -4.66. The lowest BCUT2D eigenvalue weighted by atomic mass is 9.73. The van der Waals surface area contributed by atoms with Crippen molar-refractivity contribution < 1.29 is 17.2 Å². The minimum absolute atomic E-state index is 0. The minimum Gasteiger partial charge on any atom is -0.726 e. The molecule has 0 bridgehead atoms. The van der Waals surface area contributed by atoms with Crippen molar-refractivity contribution in [2.24, 2.45) is 5.41 Å². The summed E-state index contributed by atoms with van der Waals surface area (Å²) in [6.07, 6.45) is 10.8. The summed E-state index contributed by atoms with van der Waals surface area (Å²) in [6.45, 7) is 9.48. The molecule has 0 unspecified atom stereocenters. The average Bonchev–Trinajstić information content (AvgIpc) is 2.29. The first kappa shape index (κ1) is 24.1. The largest absolute Gasteiger partial charge is 0.726 e. The number of hydrogen-bond donors (Lipinski definition) is 1. The molecule has 6 heteroatoms. The van der Waals surface area contributed by atoms with Crippen molar-refractivity contribution >= 4 is 10.4 Å². The molecule has 0 rings (SSSR count). The van der Waals surface area contributed by atoms with Crippen LogP contribution in [-0.2, 0) is 14.6 Å². The monoisotopic (exact) mass is 339 g/mol. The van der Waals surface area contributed by atoms with Gasteiger partial charge in [0, 0.05) is 0 Å². The summed E-state index contributed by atoms with van der Waals surface area (Å²) in [5, 5.41) is 0. The molecular formula is C16H37NO4S. The Labute approximate surface area is 137 Å². The van der Waals surface area contributed by atoms with Crippen LogP contribution in [-0.4, -0.2) is 18.6 Å². The first-order valence-corrected chi connectivity index (χ1v) is 9.51. The van der Waals surface area contributed by atoms with Gasteiger partial charge in [-0.05, 0) is 25.7 Å². The number of rotatable bonds is 12. The SMILES string of the molecule is CCCCCCCCCCC(C)(C)C(C)(C)OS(=O)(=O)[O-].[NH4+]. The van der Waals surface area contributed by atoms with Crippen molar-refractivity contribution in [3.8, 4) is 0 Å². The van der Waals surface area contributed by atoms with Gasteiger partial charge in [-0.3, -0.25) is 4.18 Å². The Bertz CT molecular complexity index is 378. The lowest BCUT2D eigenvalue weighted by Crippen LogP contribution is -2.43. The molecule has 0 aromatic carbocycles. The molecule has 0 aliphatic heterocycles. The topological polar surface area (TPSA) is 103 Å². The van der Waals surface area contributed by atoms with Crippen LogP contribution in [0.2, 0.25) is 0 Å². The van der Waals surface area contributed by atoms with Crippen molar-refractivity contribution in [2.45, 2.75) is 98.0 Å². The molecule has 0 radical (unpaired) electrons. The van der Waals surface area contributed by atoms with Crippen LogP contribution >= 0.6 is 0 Å². The van der Waals surface area contributed by atoms with E-state index in [9.17, 15) is 13.0 Å². The van der Waals surface area contributed by atoms with Crippen LogP contribution in [0.15, 0.2) is 0 Å². The number of quaternary nitrogens is 1. The van der Waals surface area contributed by atoms with Gasteiger partial charge in [0.15, 0.2) is 0 Å². The van der Waals surface area contributed by atoms with Gasteiger partial charge < -0.3 is 10.7 Å². The third kappa shape index (κ3) is 10.5. The fourth-order valence-electron chi connectivity index (χ4n) is 2.37. The molecule has 4 N–H and O–H groups in total. The maximum atomic E-state index is 10.8. The number of hydrogen-bond acceptors (Lipinski definition) is 4. The lowest BCUT2D eigenvalue weighted by Gasteiger charge is -2.41. The molecule has 22 heavy (non-hydrogen) atoms. The molecule has 136 valence electrons. The van der Waals surface area contributed by atoms with Crippen molar-refractivity contribution in [3.63, 3.8) is 0 Å². The zero-order chi connectivity index (χ0) is 16.6. The van der Waals surface area contributed by atoms with Gasteiger partial charge in [-0.1, -0.05) is 72.1 Å². The molecular weight excluding hydrogens is 302 g/mol. The molecule has 0 aromatic heterocycles. The van der Waals surface area contributed by atoms with Gasteiger partial charge in [0.2, 0.25) is 10.4 Å². The highest BCUT2D eigenvalue weighted by Gasteiger charge is 2.39. The zero-order valence-electron chi connectivity index (χ0n) is 15.4. The van der Waals surface area contributed by atoms with Gasteiger partial charge >= 0.3 is 0 Å². The molecule has 0 spiro atoms. The molecule has 0 fully saturated rings. The first-order chi connectivity index (χ1) is 9.52. The molecule has 0 aromatic rings. The fourth-order valence-corrected chi connectivity index (χ4v) is 3.11. The third-order valence-electron chi connectivity index (χ3n) is 4.60. The normalized spacial score (nSPS) is 13.0. The summed E-state index contributed by atoms with van der Waals surface area (Å²) in [7, 11) is -4.66. The fraction of sp³-hybridized carbons (Fsp3) is 1.00. The van der Waals surface area contributed by atoms with Crippen molar-refractivity contribution in [3.05, 3.63) is 0 Å². The van der Waals surface area contributed by atoms with E-state index in [1.807, 2.05) is 13.8 Å². The molecule has 0 saturated heterocycles. The van der Waals surface area contributed by atoms with Crippen LogP contribution in [0.25, 0.3) is 0 Å². The van der Waals surface area contributed by atoms with Crippen molar-refractivity contribution in [1.29, 1.82) is 0 Å². The highest BCUT2D eigenvalue weighted by Crippen LogP contribution is 2.39. The third-order valence-corrected chi connectivity index (χ3v) is 5.22. The Kier molecular flexibility index (Phi) is 11.6. The molecule has 0 saturated carbocycles. The Balaban J connectivity index is 0. The highest BCUT2D eigenvalue weighted by molar-refractivity contribution is 7.80. The maximum Gasteiger partial charge on any atom is 0.218 e. The molecule has 0 aliphatic rings. The number of unbranched alkanes of at least 4 members (excludes halogenated alkanes) is 7. The summed E-state index contributed by atoms with van der Waals surface area (Å²) >= 11 is 0. The Morgan fingerprint density at radius 1 is 0.864 bits per heavy atom. The predicted octanol–water partition coefficient (Wildman–Crippen LogP) is 5.18. The van der Waals surface area contributed by atoms with E-state index < -0.39 is 16.0 Å². The van der Waals surface area contributed by atoms with Gasteiger partial charge in [-0.2, -0.15) is 0 Å². The quantitative estimate of drug-likeness (QED) is 0.301. The van der Waals surface area contributed by atoms with Gasteiger partial charge in [0.05, 0.1) is 5.60 Å². The second-order valence-electron chi connectivity index (χ2n) is 7.11. The second kappa shape index (κ2) is 10.6. The molecule has 0 aliphatic carbocycles. The van der Waals surface area contributed by atoms with Crippen molar-refractivity contribution in [2.75, 3.05) is 0 Å². The van der Waals surface area contributed by atoms with E-state index in [4.69, 9.17) is 4.18 Å². The van der Waals surface area contributed by atoms with E-state index in [0.717, 1.165) is 19.3 Å². The standard InChI is InChI=1S/C16H34O4S.H3N/c1-6-7-8-9-10-11-12-13-14-15(2,3)16(4,5)20-21(17,18)19;/h6-14H2,1-5H3,(H,17,18,19);1H3. The van der Waals surface area contributed by atoms with E-state index in [0.29, 0.717) is 0 Å². The average molecular weight is 340 g/mol. The second-order valence-corrected chi connectivity index (χ2v) is 8.09. The van der Waals surface area contributed by atoms with Crippen LogP contribution in [0.3, 0.4) is 0 Å². The summed E-state index contributed by atoms with van der Waals surface area (Å²) < 4.78 is 37.2. The Hall–Kier alpha value is -0.170. The predicted molar refractivity (Wildman–Crippen MR) is 91.9 cm³/mol. The summed E-state index contributed by atoms with van der Waals surface area (Å²) in [5.41, 5.74) is -1.33. The van der Waals surface area contributed by atoms with Crippen LogP contribution in [0.4, 0.5) is 0 Å². The van der Waals surface area contributed by atoms with E-state index in [1.165, 1.54) is 38.5 Å². The summed E-state index contributed by atoms with van der Waals surface area (Å²) in [5.74, 6) is 0. The van der Waals surface area contributed by atoms with Gasteiger partial charge in [0.1, 0.15) is 0 Å². The molecule has 0 amide bonds. The van der Waals surface area contributed by atoms with Crippen LogP contribution in [0, 0.1) is 5.41 Å². The van der Waals surface area contributed by atoms with E-state index >= 15 is 0 Å². The van der Waals surface area contributed by atoms with Crippen molar-refractivity contribution in [1.82, 2.24) is 6.15 Å². The Morgan fingerprint density at radius 3 is 1.68 bits per heavy atom. The highest BCUT2D eigenvalue weighted by atomic mass is 32.3. The summed E-state index contributed by atoms with van der Waals surface area (Å²) in [6, 6.07) is 0. The van der Waals surface area contributed by atoms with Gasteiger partial charge in [0.25, 0.3) is 0 Å². The smallest absolute Gasteiger partial charge is 0.218 e. The summed E-state index contributed by atoms with van der Waals surface area (Å²) in [4.78, 5) is 0. The Morgan fingerprint density at radius 2 is 1.27 bits per heavy atom.